The van der Waals surface area contributed by atoms with Crippen LogP contribution >= 0.6 is 0 Å². The smallest absolute Gasteiger partial charge is 0.311 e. The number of pyridine rings is 1. The number of ether oxygens (including phenoxy) is 1. The van der Waals surface area contributed by atoms with E-state index in [0.717, 1.165) is 6.07 Å². The molecule has 0 saturated heterocycles. The number of alkyl halides is 2. The fourth-order valence-corrected chi connectivity index (χ4v) is 1.35. The Kier molecular flexibility index (Phi) is 4.54. The monoisotopic (exact) mass is 255 g/mol. The first kappa shape index (κ1) is 13.8. The number of hydrogen-bond acceptors (Lipinski definition) is 5. The molecule has 1 aromatic heterocycles. The fourth-order valence-electron chi connectivity index (χ4n) is 1.35. The standard InChI is InChI=1S/C11H11F2N3O2/c1-2-18-9(17)4-8-7(10(12)13)3-6(5-14)11(15)16-8/h3,10H,2,4H2,1H3,(H2,15,16). The third kappa shape index (κ3) is 3.13. The zero-order chi connectivity index (χ0) is 13.7. The Balaban J connectivity index is 3.14. The predicted molar refractivity (Wildman–Crippen MR) is 58.7 cm³/mol. The van der Waals surface area contributed by atoms with Gasteiger partial charge in [0.05, 0.1) is 24.3 Å². The van der Waals surface area contributed by atoms with E-state index in [4.69, 9.17) is 11.0 Å². The lowest BCUT2D eigenvalue weighted by Crippen LogP contribution is -2.13. The molecule has 0 amide bonds. The lowest BCUT2D eigenvalue weighted by atomic mass is 10.1. The Hall–Kier alpha value is -2.23. The molecule has 0 aromatic carbocycles. The molecule has 0 aliphatic rings. The number of carbonyl (C=O) groups is 1. The SMILES string of the molecule is CCOC(=O)Cc1nc(N)c(C#N)cc1C(F)F. The van der Waals surface area contributed by atoms with Crippen LogP contribution in [0.2, 0.25) is 0 Å². The van der Waals surface area contributed by atoms with Crippen LogP contribution in [0.1, 0.15) is 30.2 Å². The zero-order valence-electron chi connectivity index (χ0n) is 9.61. The molecule has 0 fully saturated rings. The number of aromatic nitrogens is 1. The summed E-state index contributed by atoms with van der Waals surface area (Å²) in [6.07, 6.45) is -3.24. The van der Waals surface area contributed by atoms with Gasteiger partial charge in [0, 0.05) is 5.56 Å². The number of halogens is 2. The van der Waals surface area contributed by atoms with Crippen molar-refractivity contribution in [3.05, 3.63) is 22.9 Å². The van der Waals surface area contributed by atoms with Gasteiger partial charge in [0.2, 0.25) is 0 Å². The molecule has 96 valence electrons. The molecule has 1 heterocycles. The number of hydrogen-bond donors (Lipinski definition) is 1. The summed E-state index contributed by atoms with van der Waals surface area (Å²) in [6.45, 7) is 1.75. The van der Waals surface area contributed by atoms with Crippen LogP contribution in [0, 0.1) is 11.3 Å². The van der Waals surface area contributed by atoms with Gasteiger partial charge in [-0.1, -0.05) is 0 Å². The number of esters is 1. The third-order valence-electron chi connectivity index (χ3n) is 2.14. The predicted octanol–water partition coefficient (Wildman–Crippen LogP) is 1.58. The summed E-state index contributed by atoms with van der Waals surface area (Å²) in [5, 5.41) is 8.68. The summed E-state index contributed by atoms with van der Waals surface area (Å²) in [5.41, 5.74) is 4.63. The van der Waals surface area contributed by atoms with Crippen LogP contribution in [0.5, 0.6) is 0 Å². The first-order chi connectivity index (χ1) is 8.49. The van der Waals surface area contributed by atoms with Gasteiger partial charge in [-0.15, -0.1) is 0 Å². The summed E-state index contributed by atoms with van der Waals surface area (Å²) in [7, 11) is 0. The molecule has 2 N–H and O–H groups in total. The second kappa shape index (κ2) is 5.91. The van der Waals surface area contributed by atoms with E-state index in [1.165, 1.54) is 0 Å². The van der Waals surface area contributed by atoms with E-state index < -0.39 is 24.4 Å². The molecule has 1 rings (SSSR count). The highest BCUT2D eigenvalue weighted by Gasteiger charge is 2.20. The van der Waals surface area contributed by atoms with Gasteiger partial charge in [-0.05, 0) is 13.0 Å². The van der Waals surface area contributed by atoms with Gasteiger partial charge in [0.25, 0.3) is 6.43 Å². The molecule has 0 aliphatic heterocycles. The van der Waals surface area contributed by atoms with Gasteiger partial charge in [-0.3, -0.25) is 4.79 Å². The van der Waals surface area contributed by atoms with Crippen molar-refractivity contribution in [2.45, 2.75) is 19.8 Å². The van der Waals surface area contributed by atoms with Gasteiger partial charge in [0.15, 0.2) is 0 Å². The van der Waals surface area contributed by atoms with Crippen LogP contribution < -0.4 is 5.73 Å². The topological polar surface area (TPSA) is 89.0 Å². The highest BCUT2D eigenvalue weighted by Crippen LogP contribution is 2.25. The van der Waals surface area contributed by atoms with Crippen molar-refractivity contribution in [1.82, 2.24) is 4.98 Å². The van der Waals surface area contributed by atoms with E-state index in [9.17, 15) is 13.6 Å². The Morgan fingerprint density at radius 3 is 2.83 bits per heavy atom. The largest absolute Gasteiger partial charge is 0.466 e. The number of carbonyl (C=O) groups excluding carboxylic acids is 1. The van der Waals surface area contributed by atoms with Crippen LogP contribution in [0.15, 0.2) is 6.07 Å². The molecule has 7 heteroatoms. The van der Waals surface area contributed by atoms with E-state index in [1.807, 2.05) is 0 Å². The second-order valence-electron chi connectivity index (χ2n) is 3.35. The van der Waals surface area contributed by atoms with Gasteiger partial charge in [-0.25, -0.2) is 13.8 Å². The average Bonchev–Trinajstić information content (AvgIpc) is 2.29. The molecule has 18 heavy (non-hydrogen) atoms. The summed E-state index contributed by atoms with van der Waals surface area (Å²) in [4.78, 5) is 14.9. The lowest BCUT2D eigenvalue weighted by Gasteiger charge is -2.09. The molecule has 0 bridgehead atoms. The summed E-state index contributed by atoms with van der Waals surface area (Å²) >= 11 is 0. The molecular formula is C11H11F2N3O2. The molecule has 1 aromatic rings. The van der Waals surface area contributed by atoms with Gasteiger partial charge < -0.3 is 10.5 Å². The number of anilines is 1. The van der Waals surface area contributed by atoms with Crippen LogP contribution in [0.4, 0.5) is 14.6 Å². The highest BCUT2D eigenvalue weighted by molar-refractivity contribution is 5.73. The highest BCUT2D eigenvalue weighted by atomic mass is 19.3. The second-order valence-corrected chi connectivity index (χ2v) is 3.35. The molecule has 0 unspecified atom stereocenters. The molecule has 0 aliphatic carbocycles. The summed E-state index contributed by atoms with van der Waals surface area (Å²) < 4.78 is 30.2. The minimum atomic E-state index is -2.84. The quantitative estimate of drug-likeness (QED) is 0.825. The minimum absolute atomic E-state index is 0.141. The molecule has 0 atom stereocenters. The first-order valence-corrected chi connectivity index (χ1v) is 5.12. The van der Waals surface area contributed by atoms with Crippen molar-refractivity contribution in [2.24, 2.45) is 0 Å². The van der Waals surface area contributed by atoms with Gasteiger partial charge in [-0.2, -0.15) is 5.26 Å². The maximum Gasteiger partial charge on any atom is 0.311 e. The van der Waals surface area contributed by atoms with E-state index in [1.54, 1.807) is 13.0 Å². The summed E-state index contributed by atoms with van der Waals surface area (Å²) in [5.74, 6) is -0.850. The number of nitrogens with two attached hydrogens (primary N) is 1. The lowest BCUT2D eigenvalue weighted by molar-refractivity contribution is -0.142. The molecular weight excluding hydrogens is 244 g/mol. The van der Waals surface area contributed by atoms with E-state index in [0.29, 0.717) is 0 Å². The zero-order valence-corrected chi connectivity index (χ0v) is 9.61. The average molecular weight is 255 g/mol. The fraction of sp³-hybridized carbons (Fsp3) is 0.364. The maximum atomic E-state index is 12.8. The maximum absolute atomic E-state index is 12.8. The van der Waals surface area contributed by atoms with Crippen molar-refractivity contribution in [2.75, 3.05) is 12.3 Å². The van der Waals surface area contributed by atoms with Crippen molar-refractivity contribution in [3.63, 3.8) is 0 Å². The Bertz CT molecular complexity index is 498. The van der Waals surface area contributed by atoms with E-state index >= 15 is 0 Å². The van der Waals surface area contributed by atoms with Crippen molar-refractivity contribution >= 4 is 11.8 Å². The molecule has 0 radical (unpaired) electrons. The number of rotatable bonds is 4. The van der Waals surface area contributed by atoms with Crippen molar-refractivity contribution in [1.29, 1.82) is 5.26 Å². The van der Waals surface area contributed by atoms with E-state index in [-0.39, 0.29) is 23.7 Å². The third-order valence-corrected chi connectivity index (χ3v) is 2.14. The van der Waals surface area contributed by atoms with Crippen LogP contribution in [0.3, 0.4) is 0 Å². The summed E-state index contributed by atoms with van der Waals surface area (Å²) in [6, 6.07) is 2.61. The van der Waals surface area contributed by atoms with Crippen LogP contribution in [0.25, 0.3) is 0 Å². The minimum Gasteiger partial charge on any atom is -0.466 e. The molecule has 0 saturated carbocycles. The van der Waals surface area contributed by atoms with Crippen molar-refractivity contribution < 1.29 is 18.3 Å². The first-order valence-electron chi connectivity index (χ1n) is 5.12. The van der Waals surface area contributed by atoms with Gasteiger partial charge >= 0.3 is 5.97 Å². The molecule has 5 nitrogen and oxygen atoms in total. The number of nitrogen functional groups attached to an aromatic ring is 1. The van der Waals surface area contributed by atoms with E-state index in [2.05, 4.69) is 9.72 Å². The normalized spacial score (nSPS) is 10.2. The number of nitrogens with zero attached hydrogens (tertiary/aromatic N) is 2. The number of nitriles is 1. The van der Waals surface area contributed by atoms with Crippen LogP contribution in [-0.2, 0) is 16.0 Å². The Labute approximate surface area is 102 Å². The van der Waals surface area contributed by atoms with Crippen molar-refractivity contribution in [3.8, 4) is 6.07 Å². The Morgan fingerprint density at radius 2 is 2.33 bits per heavy atom. The van der Waals surface area contributed by atoms with Gasteiger partial charge in [0.1, 0.15) is 11.9 Å². The molecule has 0 spiro atoms. The van der Waals surface area contributed by atoms with Crippen LogP contribution in [-0.4, -0.2) is 17.6 Å². The Morgan fingerprint density at radius 1 is 1.67 bits per heavy atom.